The average Bonchev–Trinajstić information content (AvgIpc) is 2.94. The fraction of sp³-hybridized carbons (Fsp3) is 0.0909. The number of anilines is 1. The van der Waals surface area contributed by atoms with Crippen LogP contribution in [-0.2, 0) is 12.8 Å². The molecule has 5 heteroatoms. The van der Waals surface area contributed by atoms with Gasteiger partial charge in [0, 0.05) is 0 Å². The summed E-state index contributed by atoms with van der Waals surface area (Å²) in [5, 5.41) is 18.9. The van der Waals surface area contributed by atoms with Gasteiger partial charge in [0.25, 0.3) is 11.8 Å². The Hall–Kier alpha value is -3.60. The van der Waals surface area contributed by atoms with Gasteiger partial charge in [0.2, 0.25) is 0 Å². The Balaban J connectivity index is 1.49. The summed E-state index contributed by atoms with van der Waals surface area (Å²) < 4.78 is 0. The van der Waals surface area contributed by atoms with Gasteiger partial charge in [-0.25, -0.2) is 4.90 Å². The van der Waals surface area contributed by atoms with E-state index < -0.39 is 0 Å². The van der Waals surface area contributed by atoms with Crippen molar-refractivity contribution in [3.05, 3.63) is 89.0 Å². The van der Waals surface area contributed by atoms with Crippen molar-refractivity contribution in [2.75, 3.05) is 4.90 Å². The van der Waals surface area contributed by atoms with E-state index in [9.17, 15) is 19.8 Å². The molecule has 2 amide bonds. The second-order valence-electron chi connectivity index (χ2n) is 6.48. The van der Waals surface area contributed by atoms with Crippen molar-refractivity contribution < 1.29 is 19.8 Å². The van der Waals surface area contributed by atoms with E-state index >= 15 is 0 Å². The van der Waals surface area contributed by atoms with Crippen LogP contribution in [0, 0.1) is 0 Å². The SMILES string of the molecule is O=C1c2ccccc2C(=O)N1c1ccc(CCc2ccc(O)c(O)c2)cc1. The Morgan fingerprint density at radius 2 is 1.22 bits per heavy atom. The second kappa shape index (κ2) is 6.61. The molecule has 1 heterocycles. The van der Waals surface area contributed by atoms with Crippen LogP contribution in [0.5, 0.6) is 11.5 Å². The maximum atomic E-state index is 12.5. The normalized spacial score (nSPS) is 13.1. The molecule has 0 spiro atoms. The minimum atomic E-state index is -0.303. The van der Waals surface area contributed by atoms with Crippen LogP contribution in [0.1, 0.15) is 31.8 Å². The first-order chi connectivity index (χ1) is 13.0. The molecule has 0 unspecified atom stereocenters. The topological polar surface area (TPSA) is 77.8 Å². The molecule has 0 fully saturated rings. The van der Waals surface area contributed by atoms with Gasteiger partial charge in [0.1, 0.15) is 0 Å². The van der Waals surface area contributed by atoms with E-state index in [1.54, 1.807) is 48.5 Å². The molecule has 0 aromatic heterocycles. The number of aryl methyl sites for hydroxylation is 2. The number of amides is 2. The molecule has 134 valence electrons. The van der Waals surface area contributed by atoms with E-state index in [-0.39, 0.29) is 23.3 Å². The van der Waals surface area contributed by atoms with Crippen LogP contribution in [0.15, 0.2) is 66.7 Å². The molecule has 3 aromatic carbocycles. The lowest BCUT2D eigenvalue weighted by Crippen LogP contribution is -2.29. The highest BCUT2D eigenvalue weighted by molar-refractivity contribution is 6.34. The van der Waals surface area contributed by atoms with Crippen molar-refractivity contribution in [1.29, 1.82) is 0 Å². The predicted molar refractivity (Wildman–Crippen MR) is 101 cm³/mol. The van der Waals surface area contributed by atoms with E-state index in [0.29, 0.717) is 23.2 Å². The number of hydrogen-bond acceptors (Lipinski definition) is 4. The fourth-order valence-electron chi connectivity index (χ4n) is 3.25. The number of phenolic OH excluding ortho intramolecular Hbond substituents is 2. The monoisotopic (exact) mass is 359 g/mol. The van der Waals surface area contributed by atoms with Crippen molar-refractivity contribution in [2.45, 2.75) is 12.8 Å². The number of carbonyl (C=O) groups excluding carboxylic acids is 2. The van der Waals surface area contributed by atoms with Gasteiger partial charge in [0.15, 0.2) is 11.5 Å². The van der Waals surface area contributed by atoms with E-state index in [0.717, 1.165) is 17.5 Å². The molecule has 3 aromatic rings. The van der Waals surface area contributed by atoms with Crippen LogP contribution in [0.4, 0.5) is 5.69 Å². The van der Waals surface area contributed by atoms with Crippen LogP contribution in [0.3, 0.4) is 0 Å². The number of fused-ring (bicyclic) bond motifs is 1. The Labute approximate surface area is 156 Å². The molecule has 0 radical (unpaired) electrons. The third-order valence-corrected chi connectivity index (χ3v) is 4.73. The summed E-state index contributed by atoms with van der Waals surface area (Å²) in [7, 11) is 0. The highest BCUT2D eigenvalue weighted by atomic mass is 16.3. The van der Waals surface area contributed by atoms with E-state index in [1.165, 1.54) is 11.0 Å². The summed E-state index contributed by atoms with van der Waals surface area (Å²) in [6, 6.07) is 18.9. The molecule has 0 saturated carbocycles. The second-order valence-corrected chi connectivity index (χ2v) is 6.48. The number of hydrogen-bond donors (Lipinski definition) is 2. The quantitative estimate of drug-likeness (QED) is 0.550. The molecule has 0 atom stereocenters. The molecular formula is C22H17NO4. The first kappa shape index (κ1) is 16.8. The van der Waals surface area contributed by atoms with Gasteiger partial charge in [-0.15, -0.1) is 0 Å². The van der Waals surface area contributed by atoms with Gasteiger partial charge >= 0.3 is 0 Å². The van der Waals surface area contributed by atoms with Crippen LogP contribution in [0.2, 0.25) is 0 Å². The third kappa shape index (κ3) is 3.04. The van der Waals surface area contributed by atoms with Crippen molar-refractivity contribution in [3.8, 4) is 11.5 Å². The highest BCUT2D eigenvalue weighted by Gasteiger charge is 2.36. The van der Waals surface area contributed by atoms with Crippen molar-refractivity contribution in [2.24, 2.45) is 0 Å². The van der Waals surface area contributed by atoms with Gasteiger partial charge in [-0.05, 0) is 60.4 Å². The summed E-state index contributed by atoms with van der Waals surface area (Å²) in [6.07, 6.45) is 1.42. The number of nitrogens with zero attached hydrogens (tertiary/aromatic N) is 1. The van der Waals surface area contributed by atoms with E-state index in [1.807, 2.05) is 12.1 Å². The predicted octanol–water partition coefficient (Wildman–Crippen LogP) is 3.68. The Kier molecular flexibility index (Phi) is 4.12. The molecule has 2 N–H and O–H groups in total. The number of aromatic hydroxyl groups is 2. The summed E-state index contributed by atoms with van der Waals surface area (Å²) in [4.78, 5) is 26.2. The lowest BCUT2D eigenvalue weighted by Gasteiger charge is -2.14. The van der Waals surface area contributed by atoms with Crippen molar-refractivity contribution in [1.82, 2.24) is 0 Å². The largest absolute Gasteiger partial charge is 0.504 e. The Bertz CT molecular complexity index is 1010. The molecule has 27 heavy (non-hydrogen) atoms. The molecule has 1 aliphatic rings. The number of imide groups is 1. The van der Waals surface area contributed by atoms with E-state index in [2.05, 4.69) is 0 Å². The maximum absolute atomic E-state index is 12.5. The first-order valence-electron chi connectivity index (χ1n) is 8.62. The molecule has 0 bridgehead atoms. The lowest BCUT2D eigenvalue weighted by molar-refractivity contribution is 0.0926. The third-order valence-electron chi connectivity index (χ3n) is 4.73. The van der Waals surface area contributed by atoms with Crippen LogP contribution in [0.25, 0.3) is 0 Å². The van der Waals surface area contributed by atoms with E-state index in [4.69, 9.17) is 0 Å². The average molecular weight is 359 g/mol. The van der Waals surface area contributed by atoms with Crippen molar-refractivity contribution in [3.63, 3.8) is 0 Å². The van der Waals surface area contributed by atoms with Gasteiger partial charge in [-0.1, -0.05) is 30.3 Å². The van der Waals surface area contributed by atoms with Crippen LogP contribution in [-0.4, -0.2) is 22.0 Å². The smallest absolute Gasteiger partial charge is 0.266 e. The molecule has 0 aliphatic carbocycles. The number of rotatable bonds is 4. The minimum Gasteiger partial charge on any atom is -0.504 e. The first-order valence-corrected chi connectivity index (χ1v) is 8.62. The lowest BCUT2D eigenvalue weighted by atomic mass is 10.0. The highest BCUT2D eigenvalue weighted by Crippen LogP contribution is 2.29. The number of benzene rings is 3. The zero-order valence-corrected chi connectivity index (χ0v) is 14.4. The number of phenols is 2. The fourth-order valence-corrected chi connectivity index (χ4v) is 3.25. The molecule has 5 nitrogen and oxygen atoms in total. The minimum absolute atomic E-state index is 0.131. The summed E-state index contributed by atoms with van der Waals surface area (Å²) in [6.45, 7) is 0. The van der Waals surface area contributed by atoms with Gasteiger partial charge in [-0.2, -0.15) is 0 Å². The molecular weight excluding hydrogens is 342 g/mol. The Morgan fingerprint density at radius 3 is 1.81 bits per heavy atom. The summed E-state index contributed by atoms with van der Waals surface area (Å²) in [5.41, 5.74) is 3.36. The summed E-state index contributed by atoms with van der Waals surface area (Å²) >= 11 is 0. The van der Waals surface area contributed by atoms with Gasteiger partial charge < -0.3 is 10.2 Å². The number of carbonyl (C=O) groups is 2. The molecule has 0 saturated heterocycles. The van der Waals surface area contributed by atoms with Crippen molar-refractivity contribution >= 4 is 17.5 Å². The van der Waals surface area contributed by atoms with Crippen LogP contribution < -0.4 is 4.90 Å². The zero-order valence-electron chi connectivity index (χ0n) is 14.4. The maximum Gasteiger partial charge on any atom is 0.266 e. The van der Waals surface area contributed by atoms with Gasteiger partial charge in [-0.3, -0.25) is 9.59 Å². The standard InChI is InChI=1S/C22H17NO4/c24-19-12-9-15(13-20(19)25)6-5-14-7-10-16(11-8-14)23-21(26)17-3-1-2-4-18(17)22(23)27/h1-4,7-13,24-25H,5-6H2. The van der Waals surface area contributed by atoms with Gasteiger partial charge in [0.05, 0.1) is 16.8 Å². The summed E-state index contributed by atoms with van der Waals surface area (Å²) in [5.74, 6) is -0.872. The molecule has 1 aliphatic heterocycles. The van der Waals surface area contributed by atoms with Crippen LogP contribution >= 0.6 is 0 Å². The Morgan fingerprint density at radius 1 is 0.667 bits per heavy atom. The molecule has 4 rings (SSSR count). The zero-order chi connectivity index (χ0) is 19.0.